The van der Waals surface area contributed by atoms with Crippen LogP contribution in [0.2, 0.25) is 0 Å². The summed E-state index contributed by atoms with van der Waals surface area (Å²) in [6.07, 6.45) is 8.62. The molecule has 0 aromatic rings. The van der Waals surface area contributed by atoms with E-state index in [9.17, 15) is 4.79 Å². The summed E-state index contributed by atoms with van der Waals surface area (Å²) in [5.74, 6) is 0.0265. The van der Waals surface area contributed by atoms with Crippen LogP contribution in [-0.2, 0) is 4.79 Å². The molecule has 2 heteroatoms. The molecule has 0 aromatic carbocycles. The highest BCUT2D eigenvalue weighted by molar-refractivity contribution is 5.75. The normalized spacial score (nSPS) is 16.2. The predicted octanol–water partition coefficient (Wildman–Crippen LogP) is 2.53. The Labute approximate surface area is 79.7 Å². The predicted molar refractivity (Wildman–Crippen MR) is 54.1 cm³/mol. The van der Waals surface area contributed by atoms with Gasteiger partial charge in [0.25, 0.3) is 0 Å². The van der Waals surface area contributed by atoms with Crippen LogP contribution in [0.15, 0.2) is 23.4 Å². The summed E-state index contributed by atoms with van der Waals surface area (Å²) in [4.78, 5) is 10.7. The van der Waals surface area contributed by atoms with Gasteiger partial charge in [0, 0.05) is 12.6 Å². The first kappa shape index (κ1) is 10.0. The molecule has 1 N–H and O–H groups in total. The van der Waals surface area contributed by atoms with Gasteiger partial charge in [0.1, 0.15) is 0 Å². The monoisotopic (exact) mass is 179 g/mol. The largest absolute Gasteiger partial charge is 0.330 e. The highest BCUT2D eigenvalue weighted by atomic mass is 16.1. The molecular weight excluding hydrogens is 162 g/mol. The highest BCUT2D eigenvalue weighted by Gasteiger charge is 2.06. The second kappa shape index (κ2) is 4.85. The lowest BCUT2D eigenvalue weighted by atomic mass is 9.99. The molecule has 0 saturated carbocycles. The van der Waals surface area contributed by atoms with Gasteiger partial charge < -0.3 is 5.32 Å². The van der Waals surface area contributed by atoms with Gasteiger partial charge in [0.2, 0.25) is 5.91 Å². The standard InChI is InChI=1S/C11H17NO/c1-3-4-10-5-7-11(8-6-10)12-9(2)13/h5,7H,3-4,6,8H2,1-2H3,(H,12,13). The molecule has 2 nitrogen and oxygen atoms in total. The fraction of sp³-hybridized carbons (Fsp3) is 0.545. The summed E-state index contributed by atoms with van der Waals surface area (Å²) in [6.45, 7) is 3.74. The Bertz CT molecular complexity index is 251. The maximum absolute atomic E-state index is 10.7. The molecule has 13 heavy (non-hydrogen) atoms. The van der Waals surface area contributed by atoms with Crippen molar-refractivity contribution < 1.29 is 4.79 Å². The average molecular weight is 179 g/mol. The minimum absolute atomic E-state index is 0.0265. The molecule has 0 heterocycles. The Hall–Kier alpha value is -1.05. The van der Waals surface area contributed by atoms with Gasteiger partial charge >= 0.3 is 0 Å². The van der Waals surface area contributed by atoms with Gasteiger partial charge in [-0.05, 0) is 25.3 Å². The number of rotatable bonds is 3. The first-order chi connectivity index (χ1) is 6.22. The zero-order valence-corrected chi connectivity index (χ0v) is 8.39. The Morgan fingerprint density at radius 2 is 2.23 bits per heavy atom. The zero-order valence-electron chi connectivity index (χ0n) is 8.39. The fourth-order valence-electron chi connectivity index (χ4n) is 1.54. The number of hydrogen-bond donors (Lipinski definition) is 1. The van der Waals surface area contributed by atoms with Crippen molar-refractivity contribution in [1.82, 2.24) is 5.32 Å². The third-order valence-corrected chi connectivity index (χ3v) is 2.14. The molecule has 0 atom stereocenters. The van der Waals surface area contributed by atoms with Gasteiger partial charge in [-0.2, -0.15) is 0 Å². The average Bonchev–Trinajstić information content (AvgIpc) is 2.08. The molecule has 0 aromatic heterocycles. The molecule has 0 unspecified atom stereocenters. The van der Waals surface area contributed by atoms with E-state index in [0.29, 0.717) is 0 Å². The van der Waals surface area contributed by atoms with E-state index in [2.05, 4.69) is 18.3 Å². The van der Waals surface area contributed by atoms with Crippen LogP contribution in [0.25, 0.3) is 0 Å². The fourth-order valence-corrected chi connectivity index (χ4v) is 1.54. The first-order valence-electron chi connectivity index (χ1n) is 4.88. The number of carbonyl (C=O) groups excluding carboxylic acids is 1. The minimum atomic E-state index is 0.0265. The lowest BCUT2D eigenvalue weighted by molar-refractivity contribution is -0.118. The second-order valence-electron chi connectivity index (χ2n) is 3.45. The number of nitrogens with one attached hydrogen (secondary N) is 1. The number of amides is 1. The van der Waals surface area contributed by atoms with Gasteiger partial charge in [0.05, 0.1) is 0 Å². The Balaban J connectivity index is 2.49. The van der Waals surface area contributed by atoms with Gasteiger partial charge in [-0.3, -0.25) is 4.79 Å². The third-order valence-electron chi connectivity index (χ3n) is 2.14. The van der Waals surface area contributed by atoms with Crippen LogP contribution in [0.4, 0.5) is 0 Å². The summed E-state index contributed by atoms with van der Waals surface area (Å²) in [5, 5.41) is 2.82. The molecule has 0 fully saturated rings. The van der Waals surface area contributed by atoms with E-state index in [1.54, 1.807) is 6.92 Å². The van der Waals surface area contributed by atoms with Crippen molar-refractivity contribution in [1.29, 1.82) is 0 Å². The minimum Gasteiger partial charge on any atom is -0.330 e. The smallest absolute Gasteiger partial charge is 0.220 e. The van der Waals surface area contributed by atoms with E-state index in [4.69, 9.17) is 0 Å². The summed E-state index contributed by atoms with van der Waals surface area (Å²) < 4.78 is 0. The molecule has 0 radical (unpaired) electrons. The zero-order chi connectivity index (χ0) is 9.68. The van der Waals surface area contributed by atoms with Crippen LogP contribution in [-0.4, -0.2) is 5.91 Å². The van der Waals surface area contributed by atoms with Crippen molar-refractivity contribution in [2.45, 2.75) is 39.5 Å². The van der Waals surface area contributed by atoms with Gasteiger partial charge in [-0.25, -0.2) is 0 Å². The Morgan fingerprint density at radius 1 is 1.46 bits per heavy atom. The molecule has 1 amide bonds. The van der Waals surface area contributed by atoms with Crippen LogP contribution in [0.5, 0.6) is 0 Å². The number of allylic oxidation sites excluding steroid dienone is 4. The van der Waals surface area contributed by atoms with Gasteiger partial charge in [-0.15, -0.1) is 0 Å². The second-order valence-corrected chi connectivity index (χ2v) is 3.45. The molecule has 1 rings (SSSR count). The summed E-state index contributed by atoms with van der Waals surface area (Å²) in [5.41, 5.74) is 2.55. The van der Waals surface area contributed by atoms with Crippen molar-refractivity contribution >= 4 is 5.91 Å². The molecular formula is C11H17NO. The van der Waals surface area contributed by atoms with E-state index in [1.807, 2.05) is 6.08 Å². The lowest BCUT2D eigenvalue weighted by Gasteiger charge is -2.14. The maximum atomic E-state index is 10.7. The summed E-state index contributed by atoms with van der Waals surface area (Å²) in [7, 11) is 0. The molecule has 1 aliphatic carbocycles. The van der Waals surface area contributed by atoms with E-state index >= 15 is 0 Å². The van der Waals surface area contributed by atoms with E-state index in [1.165, 1.54) is 18.4 Å². The summed E-state index contributed by atoms with van der Waals surface area (Å²) in [6, 6.07) is 0. The van der Waals surface area contributed by atoms with Crippen LogP contribution >= 0.6 is 0 Å². The molecule has 0 bridgehead atoms. The lowest BCUT2D eigenvalue weighted by Crippen LogP contribution is -2.20. The van der Waals surface area contributed by atoms with E-state index in [-0.39, 0.29) is 5.91 Å². The van der Waals surface area contributed by atoms with Crippen molar-refractivity contribution in [2.24, 2.45) is 0 Å². The third kappa shape index (κ3) is 3.45. The Morgan fingerprint density at radius 3 is 2.69 bits per heavy atom. The van der Waals surface area contributed by atoms with Crippen LogP contribution in [0.3, 0.4) is 0 Å². The topological polar surface area (TPSA) is 29.1 Å². The van der Waals surface area contributed by atoms with Crippen LogP contribution < -0.4 is 5.32 Å². The van der Waals surface area contributed by atoms with Crippen LogP contribution in [0.1, 0.15) is 39.5 Å². The SMILES string of the molecule is CCCC1=CC=C(NC(C)=O)CC1. The first-order valence-corrected chi connectivity index (χ1v) is 4.88. The summed E-state index contributed by atoms with van der Waals surface area (Å²) >= 11 is 0. The number of carbonyl (C=O) groups is 1. The number of hydrogen-bond acceptors (Lipinski definition) is 1. The van der Waals surface area contributed by atoms with Crippen molar-refractivity contribution in [3.63, 3.8) is 0 Å². The van der Waals surface area contributed by atoms with Gasteiger partial charge in [-0.1, -0.05) is 25.0 Å². The molecule has 0 spiro atoms. The Kier molecular flexibility index (Phi) is 3.74. The van der Waals surface area contributed by atoms with Gasteiger partial charge in [0.15, 0.2) is 0 Å². The molecule has 0 aliphatic heterocycles. The van der Waals surface area contributed by atoms with Crippen molar-refractivity contribution in [3.8, 4) is 0 Å². The quantitative estimate of drug-likeness (QED) is 0.708. The molecule has 72 valence electrons. The molecule has 1 aliphatic rings. The highest BCUT2D eigenvalue weighted by Crippen LogP contribution is 2.20. The molecule has 0 saturated heterocycles. The van der Waals surface area contributed by atoms with E-state index in [0.717, 1.165) is 18.5 Å². The maximum Gasteiger partial charge on any atom is 0.220 e. The van der Waals surface area contributed by atoms with Crippen molar-refractivity contribution in [3.05, 3.63) is 23.4 Å². The van der Waals surface area contributed by atoms with Crippen LogP contribution in [0, 0.1) is 0 Å². The van der Waals surface area contributed by atoms with Crippen molar-refractivity contribution in [2.75, 3.05) is 0 Å². The van der Waals surface area contributed by atoms with E-state index < -0.39 is 0 Å².